The van der Waals surface area contributed by atoms with Crippen LogP contribution in [-0.2, 0) is 4.79 Å². The molecule has 27 heavy (non-hydrogen) atoms. The van der Waals surface area contributed by atoms with Gasteiger partial charge in [-0.1, -0.05) is 6.42 Å². The van der Waals surface area contributed by atoms with Gasteiger partial charge in [-0.15, -0.1) is 0 Å². The Hall–Kier alpha value is -2.12. The van der Waals surface area contributed by atoms with E-state index in [1.807, 2.05) is 6.07 Å². The number of hydrogen-bond donors (Lipinski definition) is 2. The second-order valence-corrected chi connectivity index (χ2v) is 7.60. The molecule has 4 rings (SSSR count). The van der Waals surface area contributed by atoms with Gasteiger partial charge in [0.1, 0.15) is 5.52 Å². The first-order chi connectivity index (χ1) is 13.3. The summed E-state index contributed by atoms with van der Waals surface area (Å²) >= 11 is 0. The number of likely N-dealkylation sites (tertiary alicyclic amines) is 1. The minimum absolute atomic E-state index is 0.0495. The maximum absolute atomic E-state index is 12.9. The molecule has 144 valence electrons. The minimum atomic E-state index is -0.0495. The summed E-state index contributed by atoms with van der Waals surface area (Å²) in [5.74, 6) is 0.499. The molecule has 2 N–H and O–H groups in total. The Morgan fingerprint density at radius 1 is 1.11 bits per heavy atom. The molecule has 7 heteroatoms. The molecule has 7 nitrogen and oxygen atoms in total. The summed E-state index contributed by atoms with van der Waals surface area (Å²) in [6.45, 7) is 4.50. The van der Waals surface area contributed by atoms with Crippen molar-refractivity contribution in [2.24, 2.45) is 5.92 Å². The fourth-order valence-corrected chi connectivity index (χ4v) is 4.31. The van der Waals surface area contributed by atoms with Gasteiger partial charge >= 0.3 is 0 Å². The molecule has 2 aliphatic heterocycles. The van der Waals surface area contributed by atoms with Crippen molar-refractivity contribution in [3.05, 3.63) is 30.2 Å². The quantitative estimate of drug-likeness (QED) is 0.835. The zero-order chi connectivity index (χ0) is 18.5. The highest BCUT2D eigenvalue weighted by Crippen LogP contribution is 2.31. The minimum Gasteiger partial charge on any atom is -0.348 e. The third-order valence-corrected chi connectivity index (χ3v) is 5.73. The van der Waals surface area contributed by atoms with Crippen LogP contribution in [0.1, 0.15) is 43.7 Å². The van der Waals surface area contributed by atoms with Crippen molar-refractivity contribution in [2.45, 2.75) is 38.1 Å². The predicted molar refractivity (Wildman–Crippen MR) is 104 cm³/mol. The summed E-state index contributed by atoms with van der Waals surface area (Å²) in [4.78, 5) is 28.3. The molecule has 0 aliphatic carbocycles. The van der Waals surface area contributed by atoms with Crippen LogP contribution < -0.4 is 10.6 Å². The van der Waals surface area contributed by atoms with Gasteiger partial charge in [0.2, 0.25) is 5.91 Å². The standard InChI is InChI=1S/C20H28N6O/c27-17(14-26-12-2-1-3-13-26)25-18(15-4-7-21-8-5-15)16-6-9-23-20-19(16)22-10-11-24-20/h6,9-11,15,18,21H,1-5,7-8,12-14H2,(H,25,27). The van der Waals surface area contributed by atoms with Crippen LogP contribution in [0, 0.1) is 5.92 Å². The molecule has 1 atom stereocenters. The van der Waals surface area contributed by atoms with Crippen LogP contribution in [0.15, 0.2) is 24.7 Å². The van der Waals surface area contributed by atoms with Gasteiger partial charge in [-0.2, -0.15) is 0 Å². The number of nitrogens with zero attached hydrogens (tertiary/aromatic N) is 4. The first-order valence-electron chi connectivity index (χ1n) is 10.1. The van der Waals surface area contributed by atoms with Crippen LogP contribution in [0.2, 0.25) is 0 Å². The second kappa shape index (κ2) is 8.71. The molecule has 2 aromatic heterocycles. The number of piperidine rings is 2. The SMILES string of the molecule is O=C(CN1CCCCC1)NC(c1ccnc2nccnc12)C1CCNCC1. The molecule has 0 saturated carbocycles. The van der Waals surface area contributed by atoms with E-state index >= 15 is 0 Å². The zero-order valence-corrected chi connectivity index (χ0v) is 15.7. The van der Waals surface area contributed by atoms with Gasteiger partial charge in [0.15, 0.2) is 5.65 Å². The van der Waals surface area contributed by atoms with Crippen LogP contribution in [0.3, 0.4) is 0 Å². The summed E-state index contributed by atoms with van der Waals surface area (Å²) in [7, 11) is 0. The van der Waals surface area contributed by atoms with Crippen molar-refractivity contribution in [3.63, 3.8) is 0 Å². The van der Waals surface area contributed by atoms with Gasteiger partial charge < -0.3 is 10.6 Å². The molecular weight excluding hydrogens is 340 g/mol. The van der Waals surface area contributed by atoms with Gasteiger partial charge in [-0.3, -0.25) is 14.7 Å². The van der Waals surface area contributed by atoms with E-state index in [1.54, 1.807) is 18.6 Å². The summed E-state index contributed by atoms with van der Waals surface area (Å²) in [5, 5.41) is 6.75. The Balaban J connectivity index is 1.57. The van der Waals surface area contributed by atoms with E-state index in [9.17, 15) is 4.79 Å². The first-order valence-corrected chi connectivity index (χ1v) is 10.1. The lowest BCUT2D eigenvalue weighted by atomic mass is 9.85. The van der Waals surface area contributed by atoms with Crippen LogP contribution in [0.5, 0.6) is 0 Å². The number of carbonyl (C=O) groups excluding carboxylic acids is 1. The number of fused-ring (bicyclic) bond motifs is 1. The number of rotatable bonds is 5. The maximum atomic E-state index is 12.9. The molecule has 0 spiro atoms. The third kappa shape index (κ3) is 4.42. The van der Waals surface area contributed by atoms with Gasteiger partial charge in [-0.05, 0) is 63.8 Å². The topological polar surface area (TPSA) is 83.0 Å². The Labute approximate surface area is 160 Å². The zero-order valence-electron chi connectivity index (χ0n) is 15.7. The summed E-state index contributed by atoms with van der Waals surface area (Å²) in [5.41, 5.74) is 2.47. The monoisotopic (exact) mass is 368 g/mol. The van der Waals surface area contributed by atoms with Crippen molar-refractivity contribution in [3.8, 4) is 0 Å². The summed E-state index contributed by atoms with van der Waals surface area (Å²) in [6, 6.07) is 1.94. The molecule has 2 fully saturated rings. The van der Waals surface area contributed by atoms with Gasteiger partial charge in [-0.25, -0.2) is 9.97 Å². The molecule has 0 aromatic carbocycles. The number of pyridine rings is 1. The van der Waals surface area contributed by atoms with Crippen molar-refractivity contribution in [1.29, 1.82) is 0 Å². The smallest absolute Gasteiger partial charge is 0.234 e. The molecule has 0 bridgehead atoms. The summed E-state index contributed by atoms with van der Waals surface area (Å²) in [6.07, 6.45) is 10.9. The normalized spacial score (nSPS) is 20.4. The average molecular weight is 368 g/mol. The van der Waals surface area contributed by atoms with Crippen molar-refractivity contribution < 1.29 is 4.79 Å². The van der Waals surface area contributed by atoms with Gasteiger partial charge in [0.05, 0.1) is 12.6 Å². The van der Waals surface area contributed by atoms with E-state index in [-0.39, 0.29) is 11.9 Å². The molecule has 2 aliphatic rings. The van der Waals surface area contributed by atoms with Crippen LogP contribution in [0.4, 0.5) is 0 Å². The van der Waals surface area contributed by atoms with Crippen LogP contribution >= 0.6 is 0 Å². The van der Waals surface area contributed by atoms with E-state index in [1.165, 1.54) is 19.3 Å². The molecular formula is C20H28N6O. The number of nitrogens with one attached hydrogen (secondary N) is 2. The molecule has 0 radical (unpaired) electrons. The maximum Gasteiger partial charge on any atom is 0.234 e. The lowest BCUT2D eigenvalue weighted by molar-refractivity contribution is -0.123. The Bertz CT molecular complexity index is 765. The first kappa shape index (κ1) is 18.3. The lowest BCUT2D eigenvalue weighted by Crippen LogP contribution is -2.44. The highest BCUT2D eigenvalue weighted by molar-refractivity contribution is 5.80. The lowest BCUT2D eigenvalue weighted by Gasteiger charge is -2.33. The van der Waals surface area contributed by atoms with E-state index in [4.69, 9.17) is 0 Å². The molecule has 2 aromatic rings. The molecule has 2 saturated heterocycles. The Morgan fingerprint density at radius 3 is 2.67 bits per heavy atom. The van der Waals surface area contributed by atoms with E-state index in [0.29, 0.717) is 18.1 Å². The highest BCUT2D eigenvalue weighted by Gasteiger charge is 2.29. The Kier molecular flexibility index (Phi) is 5.89. The fourth-order valence-electron chi connectivity index (χ4n) is 4.31. The van der Waals surface area contributed by atoms with Crippen LogP contribution in [0.25, 0.3) is 11.2 Å². The largest absolute Gasteiger partial charge is 0.348 e. The molecule has 4 heterocycles. The van der Waals surface area contributed by atoms with Gasteiger partial charge in [0, 0.05) is 24.2 Å². The van der Waals surface area contributed by atoms with Gasteiger partial charge in [0.25, 0.3) is 0 Å². The van der Waals surface area contributed by atoms with E-state index < -0.39 is 0 Å². The number of hydrogen-bond acceptors (Lipinski definition) is 6. The van der Waals surface area contributed by atoms with Crippen LogP contribution in [-0.4, -0.2) is 58.5 Å². The average Bonchev–Trinajstić information content (AvgIpc) is 2.73. The number of carbonyl (C=O) groups is 1. The summed E-state index contributed by atoms with van der Waals surface area (Å²) < 4.78 is 0. The Morgan fingerprint density at radius 2 is 1.85 bits per heavy atom. The highest BCUT2D eigenvalue weighted by atomic mass is 16.2. The molecule has 1 unspecified atom stereocenters. The third-order valence-electron chi connectivity index (χ3n) is 5.73. The second-order valence-electron chi connectivity index (χ2n) is 7.60. The van der Waals surface area contributed by atoms with Crippen molar-refractivity contribution >= 4 is 17.1 Å². The van der Waals surface area contributed by atoms with Crippen molar-refractivity contribution in [2.75, 3.05) is 32.7 Å². The van der Waals surface area contributed by atoms with Crippen molar-refractivity contribution in [1.82, 2.24) is 30.5 Å². The number of aromatic nitrogens is 3. The fraction of sp³-hybridized carbons (Fsp3) is 0.600. The van der Waals surface area contributed by atoms with E-state index in [2.05, 4.69) is 30.5 Å². The number of amides is 1. The van der Waals surface area contributed by atoms with E-state index in [0.717, 1.165) is 50.1 Å². The molecule has 1 amide bonds. The predicted octanol–water partition coefficient (Wildman–Crippen LogP) is 1.67.